The molecule has 75 heavy (non-hydrogen) atoms. The van der Waals surface area contributed by atoms with E-state index in [1.54, 1.807) is 32.9 Å². The number of carbonyl (C=O) groups excluding carboxylic acids is 1. The quantitative estimate of drug-likeness (QED) is 0.0979. The lowest BCUT2D eigenvalue weighted by Gasteiger charge is -2.22. The van der Waals surface area contributed by atoms with Gasteiger partial charge in [-0.25, -0.2) is 44.3 Å². The molecule has 4 aromatic carbocycles. The molecule has 0 fully saturated rings. The standard InChI is InChI=1S/C27H23Cl2F3N2O5S.C23H15Cl2F3N2O4S/c1-14-12-20(27(30,31)32)33-24-17(14)13-19(34(24)40(37,38)15-8-6-5-7-9-15)23(35)21-18(28)11-10-16(22(21)29)25(36)39-26(2,3)4;1-12-9-19(23(26,27)28)29-21-16(12)10-13(30(21)35(33,34)14-5-3-2-4-6-14)11-17-18(24)8-7-15(20(17)25)22(31)32/h5-13,23,35H,1-4H3;2-10H,11H2,1H3,(H,31,32). The molecule has 0 radical (unpaired) electrons. The summed E-state index contributed by atoms with van der Waals surface area (Å²) in [6.45, 7) is 7.69. The number of pyridine rings is 2. The van der Waals surface area contributed by atoms with Crippen LogP contribution in [0.1, 0.15) is 92.6 Å². The van der Waals surface area contributed by atoms with E-state index in [2.05, 4.69) is 9.97 Å². The third kappa shape index (κ3) is 11.4. The first kappa shape index (κ1) is 56.5. The van der Waals surface area contributed by atoms with E-state index < -0.39 is 78.7 Å². The maximum absolute atomic E-state index is 13.8. The Labute approximate surface area is 443 Å². The molecule has 4 aromatic heterocycles. The predicted molar refractivity (Wildman–Crippen MR) is 269 cm³/mol. The summed E-state index contributed by atoms with van der Waals surface area (Å²) in [5.41, 5.74) is -5.14. The fourth-order valence-electron chi connectivity index (χ4n) is 7.77. The fourth-order valence-corrected chi connectivity index (χ4v) is 12.0. The van der Waals surface area contributed by atoms with Gasteiger partial charge in [0.25, 0.3) is 20.0 Å². The molecule has 8 rings (SSSR count). The van der Waals surface area contributed by atoms with E-state index in [1.807, 2.05) is 0 Å². The van der Waals surface area contributed by atoms with E-state index in [0.717, 1.165) is 16.1 Å². The Morgan fingerprint density at radius 3 is 1.57 bits per heavy atom. The van der Waals surface area contributed by atoms with Crippen molar-refractivity contribution in [1.29, 1.82) is 0 Å². The Kier molecular flexibility index (Phi) is 15.6. The third-order valence-corrected chi connectivity index (χ3v) is 16.2. The lowest BCUT2D eigenvalue weighted by atomic mass is 10.0. The van der Waals surface area contributed by atoms with Gasteiger partial charge >= 0.3 is 24.3 Å². The van der Waals surface area contributed by atoms with E-state index in [9.17, 15) is 63.0 Å². The molecule has 8 aromatic rings. The number of hydrogen-bond donors (Lipinski definition) is 2. The molecule has 394 valence electrons. The first-order valence-corrected chi connectivity index (χ1v) is 26.0. The van der Waals surface area contributed by atoms with Crippen LogP contribution in [0.3, 0.4) is 0 Å². The van der Waals surface area contributed by atoms with Crippen LogP contribution < -0.4 is 0 Å². The van der Waals surface area contributed by atoms with E-state index in [4.69, 9.17) is 51.1 Å². The number of aliphatic hydroxyl groups excluding tert-OH is 1. The minimum absolute atomic E-state index is 0.00474. The second-order valence-corrected chi connectivity index (χ2v) is 22.7. The topological polar surface area (TPSA) is 188 Å². The Morgan fingerprint density at radius 1 is 0.640 bits per heavy atom. The van der Waals surface area contributed by atoms with Crippen molar-refractivity contribution in [1.82, 2.24) is 17.9 Å². The molecule has 1 atom stereocenters. The first-order valence-electron chi connectivity index (χ1n) is 21.7. The smallest absolute Gasteiger partial charge is 0.433 e. The molecule has 0 aliphatic rings. The highest BCUT2D eigenvalue weighted by molar-refractivity contribution is 7.90. The molecule has 0 spiro atoms. The first-order chi connectivity index (χ1) is 34.7. The van der Waals surface area contributed by atoms with Crippen LogP contribution in [0.15, 0.2) is 119 Å². The number of alkyl halides is 6. The number of benzene rings is 4. The number of carbonyl (C=O) groups is 2. The lowest BCUT2D eigenvalue weighted by Crippen LogP contribution is -2.24. The van der Waals surface area contributed by atoms with Gasteiger partial charge in [-0.2, -0.15) is 26.3 Å². The molecule has 2 N–H and O–H groups in total. The van der Waals surface area contributed by atoms with Gasteiger partial charge in [-0.05, 0) is 124 Å². The van der Waals surface area contributed by atoms with Gasteiger partial charge in [-0.15, -0.1) is 0 Å². The zero-order chi connectivity index (χ0) is 55.5. The number of halogens is 10. The summed E-state index contributed by atoms with van der Waals surface area (Å²) in [7, 11) is -9.03. The van der Waals surface area contributed by atoms with Crippen LogP contribution in [-0.2, 0) is 43.6 Å². The minimum Gasteiger partial charge on any atom is -0.478 e. The third-order valence-electron chi connectivity index (χ3n) is 11.2. The van der Waals surface area contributed by atoms with Gasteiger partial charge in [-0.1, -0.05) is 82.8 Å². The van der Waals surface area contributed by atoms with Crippen LogP contribution in [0.5, 0.6) is 0 Å². The molecule has 25 heteroatoms. The van der Waals surface area contributed by atoms with Crippen molar-refractivity contribution in [2.24, 2.45) is 0 Å². The van der Waals surface area contributed by atoms with Crippen LogP contribution in [0.4, 0.5) is 26.3 Å². The fraction of sp³-hybridized carbons (Fsp3) is 0.200. The van der Waals surface area contributed by atoms with Gasteiger partial charge in [0.15, 0.2) is 11.3 Å². The van der Waals surface area contributed by atoms with Crippen LogP contribution in [0, 0.1) is 13.8 Å². The summed E-state index contributed by atoms with van der Waals surface area (Å²) in [6, 6.07) is 23.3. The van der Waals surface area contributed by atoms with Crippen molar-refractivity contribution in [2.75, 3.05) is 0 Å². The summed E-state index contributed by atoms with van der Waals surface area (Å²) in [4.78, 5) is 31.1. The van der Waals surface area contributed by atoms with Crippen molar-refractivity contribution in [3.8, 4) is 0 Å². The number of hydrogen-bond acceptors (Lipinski definition) is 10. The summed E-state index contributed by atoms with van der Waals surface area (Å²) < 4.78 is 143. The number of rotatable bonds is 10. The van der Waals surface area contributed by atoms with Gasteiger partial charge in [0.05, 0.1) is 36.7 Å². The monoisotopic (exact) mass is 1160 g/mol. The zero-order valence-electron chi connectivity index (χ0n) is 39.3. The van der Waals surface area contributed by atoms with E-state index in [-0.39, 0.29) is 91.8 Å². The second kappa shape index (κ2) is 20.7. The summed E-state index contributed by atoms with van der Waals surface area (Å²) in [5.74, 6) is -2.15. The number of aliphatic hydroxyl groups is 1. The second-order valence-electron chi connectivity index (χ2n) is 17.6. The summed E-state index contributed by atoms with van der Waals surface area (Å²) in [6.07, 6.45) is -11.9. The van der Waals surface area contributed by atoms with Gasteiger partial charge in [-0.3, -0.25) is 0 Å². The number of ether oxygens (including phenoxy) is 1. The molecule has 13 nitrogen and oxygen atoms in total. The molecular formula is C50H38Cl4F6N4O9S2. The summed E-state index contributed by atoms with van der Waals surface area (Å²) >= 11 is 25.4. The van der Waals surface area contributed by atoms with E-state index in [1.165, 1.54) is 98.8 Å². The molecule has 0 saturated heterocycles. The molecule has 0 bridgehead atoms. The van der Waals surface area contributed by atoms with E-state index >= 15 is 0 Å². The Balaban J connectivity index is 0.000000221. The van der Waals surface area contributed by atoms with Crippen LogP contribution in [0.2, 0.25) is 20.1 Å². The van der Waals surface area contributed by atoms with Gasteiger partial charge < -0.3 is 14.9 Å². The Bertz CT molecular complexity index is 3810. The number of carboxylic acids is 1. The maximum atomic E-state index is 13.8. The number of esters is 1. The van der Waals surface area contributed by atoms with Gasteiger partial charge in [0, 0.05) is 38.5 Å². The summed E-state index contributed by atoms with van der Waals surface area (Å²) in [5, 5.41) is 20.6. The number of nitrogens with zero attached hydrogens (tertiary/aromatic N) is 4. The highest BCUT2D eigenvalue weighted by atomic mass is 35.5. The maximum Gasteiger partial charge on any atom is 0.433 e. The zero-order valence-corrected chi connectivity index (χ0v) is 44.0. The Morgan fingerprint density at radius 2 is 1.09 bits per heavy atom. The van der Waals surface area contributed by atoms with E-state index in [0.29, 0.717) is 3.97 Å². The SMILES string of the molecule is Cc1cc(C(F)(F)F)nc2c1cc(C(O)c1c(Cl)ccc(C(=O)OC(C)(C)C)c1Cl)n2S(=O)(=O)c1ccccc1.Cc1cc(C(F)(F)F)nc2c1cc(Cc1c(Cl)ccc(C(=O)O)c1Cl)n2S(=O)(=O)c1ccccc1. The number of aryl methyl sites for hydroxylation is 2. The number of carboxylic acid groups (broad SMARTS) is 1. The van der Waals surface area contributed by atoms with Gasteiger partial charge in [0.1, 0.15) is 23.1 Å². The molecular weight excluding hydrogens is 1120 g/mol. The predicted octanol–water partition coefficient (Wildman–Crippen LogP) is 13.1. The average Bonchev–Trinajstić information content (AvgIpc) is 3.90. The number of aromatic nitrogens is 4. The molecule has 0 saturated carbocycles. The van der Waals surface area contributed by atoms with Crippen LogP contribution >= 0.6 is 46.4 Å². The molecule has 4 heterocycles. The number of aromatic carboxylic acids is 1. The highest BCUT2D eigenvalue weighted by Gasteiger charge is 2.38. The highest BCUT2D eigenvalue weighted by Crippen LogP contribution is 2.42. The van der Waals surface area contributed by atoms with Crippen molar-refractivity contribution >= 4 is 100 Å². The lowest BCUT2D eigenvalue weighted by molar-refractivity contribution is -0.141. The molecule has 0 aliphatic heterocycles. The normalized spacial score (nSPS) is 12.9. The van der Waals surface area contributed by atoms with Crippen molar-refractivity contribution in [2.45, 2.75) is 74.9 Å². The Hall–Kier alpha value is -6.20. The largest absolute Gasteiger partial charge is 0.478 e. The molecule has 0 aliphatic carbocycles. The van der Waals surface area contributed by atoms with Crippen molar-refractivity contribution < 1.29 is 67.7 Å². The van der Waals surface area contributed by atoms with Crippen molar-refractivity contribution in [3.05, 3.63) is 185 Å². The minimum atomic E-state index is -4.88. The average molecular weight is 1160 g/mol. The number of fused-ring (bicyclic) bond motifs is 2. The van der Waals surface area contributed by atoms with Crippen LogP contribution in [-0.4, -0.2) is 62.5 Å². The van der Waals surface area contributed by atoms with Crippen molar-refractivity contribution in [3.63, 3.8) is 0 Å². The van der Waals surface area contributed by atoms with Gasteiger partial charge in [0.2, 0.25) is 0 Å². The van der Waals surface area contributed by atoms with Crippen LogP contribution in [0.25, 0.3) is 22.1 Å². The molecule has 1 unspecified atom stereocenters. The molecule has 0 amide bonds.